The topological polar surface area (TPSA) is 60.4 Å². The molecule has 1 atom stereocenters. The van der Waals surface area contributed by atoms with E-state index in [1.54, 1.807) is 38.1 Å². The summed E-state index contributed by atoms with van der Waals surface area (Å²) in [6.45, 7) is 5.08. The monoisotopic (exact) mass is 417 g/mol. The minimum absolute atomic E-state index is 0.0602. The van der Waals surface area contributed by atoms with Gasteiger partial charge in [0.15, 0.2) is 20.1 Å². The Morgan fingerprint density at radius 1 is 0.867 bits per heavy atom. The van der Waals surface area contributed by atoms with E-state index in [0.29, 0.717) is 22.1 Å². The number of carbonyl (C=O) groups excluding carboxylic acids is 2. The lowest BCUT2D eigenvalue weighted by Crippen LogP contribution is -2.14. The first-order chi connectivity index (χ1) is 14.4. The van der Waals surface area contributed by atoms with E-state index >= 15 is 0 Å². The minimum atomic E-state index is -0.502. The lowest BCUT2D eigenvalue weighted by atomic mass is 10.1. The summed E-state index contributed by atoms with van der Waals surface area (Å²) in [6.07, 6.45) is 0. The van der Waals surface area contributed by atoms with Crippen LogP contribution >= 0.6 is 10.5 Å². The zero-order valence-corrected chi connectivity index (χ0v) is 17.8. The fourth-order valence-electron chi connectivity index (χ4n) is 3.33. The van der Waals surface area contributed by atoms with Crippen molar-refractivity contribution in [2.24, 2.45) is 5.92 Å². The summed E-state index contributed by atoms with van der Waals surface area (Å²) >= 11 is 0. The van der Waals surface area contributed by atoms with E-state index in [1.807, 2.05) is 42.5 Å². The number of esters is 1. The van der Waals surface area contributed by atoms with E-state index in [-0.39, 0.29) is 23.1 Å². The number of ether oxygens (including phenoxy) is 1. The highest BCUT2D eigenvalue weighted by Crippen LogP contribution is 2.43. The molecular weight excluding hydrogens is 396 g/mol. The highest BCUT2D eigenvalue weighted by atomic mass is 32.2. The molecule has 0 saturated carbocycles. The number of carbonyl (C=O) groups is 2. The quantitative estimate of drug-likeness (QED) is 0.137. The molecule has 4 rings (SSSR count). The number of ketones is 1. The number of hydrogen-bond acceptors (Lipinski definition) is 4. The van der Waals surface area contributed by atoms with Gasteiger partial charge >= 0.3 is 5.97 Å². The van der Waals surface area contributed by atoms with Crippen LogP contribution in [-0.2, 0) is 4.79 Å². The predicted octanol–water partition coefficient (Wildman–Crippen LogP) is 5.86. The Morgan fingerprint density at radius 2 is 1.53 bits per heavy atom. The first-order valence-electron chi connectivity index (χ1n) is 9.71. The summed E-state index contributed by atoms with van der Waals surface area (Å²) in [5, 5.41) is 1.23. The van der Waals surface area contributed by atoms with Gasteiger partial charge in [0.25, 0.3) is 0 Å². The molecule has 5 heteroatoms. The zero-order chi connectivity index (χ0) is 21.4. The van der Waals surface area contributed by atoms with Gasteiger partial charge in [-0.05, 0) is 49.4 Å². The van der Waals surface area contributed by atoms with Crippen molar-refractivity contribution in [2.75, 3.05) is 0 Å². The molecule has 0 aliphatic carbocycles. The normalized spacial score (nSPS) is 11.8. The van der Waals surface area contributed by atoms with Crippen LogP contribution in [0.2, 0.25) is 0 Å². The third-order valence-corrected chi connectivity index (χ3v) is 7.29. The molecule has 0 bridgehead atoms. The van der Waals surface area contributed by atoms with Crippen molar-refractivity contribution < 1.29 is 14.3 Å². The Hall–Kier alpha value is -3.31. The standard InChI is InChI=1S/C25H21O4S/c1-15(2)25(28)29-18-9-11-19(12-10-18)30-22-7-5-4-6-20(22)24(27)21-14-17(16(3)26)8-13-23(21)30/h4-15H,1-3H3/q+1. The van der Waals surface area contributed by atoms with E-state index in [0.717, 1.165) is 14.3 Å². The van der Waals surface area contributed by atoms with E-state index in [9.17, 15) is 14.4 Å². The molecule has 0 aliphatic heterocycles. The first-order valence-corrected chi connectivity index (χ1v) is 10.9. The summed E-state index contributed by atoms with van der Waals surface area (Å²) in [4.78, 5) is 37.9. The summed E-state index contributed by atoms with van der Waals surface area (Å²) in [7, 11) is -0.502. The van der Waals surface area contributed by atoms with Gasteiger partial charge in [-0.3, -0.25) is 14.4 Å². The van der Waals surface area contributed by atoms with E-state index in [2.05, 4.69) is 0 Å². The number of Topliss-reactive ketones (excluding diaryl/α,β-unsaturated/α-hetero) is 1. The van der Waals surface area contributed by atoms with Crippen molar-refractivity contribution in [1.82, 2.24) is 0 Å². The van der Waals surface area contributed by atoms with Crippen LogP contribution in [0.4, 0.5) is 0 Å². The summed E-state index contributed by atoms with van der Waals surface area (Å²) in [5.41, 5.74) is 0.468. The maximum absolute atomic E-state index is 13.1. The van der Waals surface area contributed by atoms with Gasteiger partial charge in [-0.2, -0.15) is 0 Å². The highest BCUT2D eigenvalue weighted by Gasteiger charge is 2.23. The molecule has 0 spiro atoms. The molecule has 0 N–H and O–H groups in total. The Kier molecular flexibility index (Phi) is 5.22. The molecule has 0 amide bonds. The largest absolute Gasteiger partial charge is 0.426 e. The average molecular weight is 418 g/mol. The second-order valence-electron chi connectivity index (χ2n) is 7.45. The van der Waals surface area contributed by atoms with E-state index in [4.69, 9.17) is 4.74 Å². The van der Waals surface area contributed by atoms with Gasteiger partial charge in [0.1, 0.15) is 5.75 Å². The van der Waals surface area contributed by atoms with Gasteiger partial charge < -0.3 is 4.74 Å². The SMILES string of the molecule is CC(=O)c1ccc2c(c1)c(=O)c1ccccc1[s+]2-c1ccc(OC(=O)C(C)C)cc1. The van der Waals surface area contributed by atoms with Crippen LogP contribution in [0, 0.1) is 5.92 Å². The molecule has 0 aliphatic rings. The molecule has 0 radical (unpaired) electrons. The molecule has 0 saturated heterocycles. The second-order valence-corrected chi connectivity index (χ2v) is 9.41. The summed E-state index contributed by atoms with van der Waals surface area (Å²) in [6, 6.07) is 20.4. The molecule has 3 aromatic carbocycles. The Balaban J connectivity index is 1.95. The highest BCUT2D eigenvalue weighted by molar-refractivity contribution is 7.49. The van der Waals surface area contributed by atoms with Crippen molar-refractivity contribution in [3.8, 4) is 10.6 Å². The molecule has 1 unspecified atom stereocenters. The molecule has 0 fully saturated rings. The zero-order valence-electron chi connectivity index (χ0n) is 17.0. The fraction of sp³-hybridized carbons (Fsp3) is 0.160. The van der Waals surface area contributed by atoms with Gasteiger partial charge in [0.05, 0.1) is 16.7 Å². The van der Waals surface area contributed by atoms with Crippen LogP contribution in [-0.4, -0.2) is 11.8 Å². The lowest BCUT2D eigenvalue weighted by molar-refractivity contribution is -0.137. The van der Waals surface area contributed by atoms with Crippen molar-refractivity contribution in [3.05, 3.63) is 82.5 Å². The Labute approximate surface area is 176 Å². The Bertz CT molecular complexity index is 1350. The van der Waals surface area contributed by atoms with Gasteiger partial charge in [-0.1, -0.05) is 26.0 Å². The molecule has 1 aromatic heterocycles. The van der Waals surface area contributed by atoms with Crippen LogP contribution in [0.15, 0.2) is 71.5 Å². The Morgan fingerprint density at radius 3 is 2.20 bits per heavy atom. The van der Waals surface area contributed by atoms with Crippen LogP contribution in [0.1, 0.15) is 31.1 Å². The summed E-state index contributed by atoms with van der Waals surface area (Å²) in [5.74, 6) is -0.0544. The lowest BCUT2D eigenvalue weighted by Gasteiger charge is -2.07. The van der Waals surface area contributed by atoms with Crippen molar-refractivity contribution in [2.45, 2.75) is 20.8 Å². The number of fused-ring (bicyclic) bond motifs is 2. The molecule has 150 valence electrons. The minimum Gasteiger partial charge on any atom is -0.426 e. The maximum atomic E-state index is 13.1. The van der Waals surface area contributed by atoms with Gasteiger partial charge in [-0.25, -0.2) is 0 Å². The van der Waals surface area contributed by atoms with Gasteiger partial charge in [0, 0.05) is 28.2 Å². The maximum Gasteiger partial charge on any atom is 0.313 e. The molecule has 4 aromatic rings. The number of benzene rings is 3. The third-order valence-electron chi connectivity index (χ3n) is 4.95. The average Bonchev–Trinajstić information content (AvgIpc) is 2.74. The third kappa shape index (κ3) is 3.53. The molecule has 1 heterocycles. The van der Waals surface area contributed by atoms with Crippen LogP contribution < -0.4 is 10.2 Å². The van der Waals surface area contributed by atoms with Crippen LogP contribution in [0.3, 0.4) is 0 Å². The van der Waals surface area contributed by atoms with Crippen molar-refractivity contribution in [1.29, 1.82) is 0 Å². The van der Waals surface area contributed by atoms with Crippen LogP contribution in [0.5, 0.6) is 5.75 Å². The van der Waals surface area contributed by atoms with Gasteiger partial charge in [-0.15, -0.1) is 0 Å². The first kappa shape index (κ1) is 20.0. The van der Waals surface area contributed by atoms with Crippen molar-refractivity contribution >= 4 is 42.4 Å². The smallest absolute Gasteiger partial charge is 0.313 e. The van der Waals surface area contributed by atoms with Crippen LogP contribution in [0.25, 0.3) is 25.1 Å². The molecule has 4 nitrogen and oxygen atoms in total. The van der Waals surface area contributed by atoms with E-state index in [1.165, 1.54) is 6.92 Å². The summed E-state index contributed by atoms with van der Waals surface area (Å²) < 4.78 is 7.24. The predicted molar refractivity (Wildman–Crippen MR) is 122 cm³/mol. The number of rotatable bonds is 4. The van der Waals surface area contributed by atoms with E-state index < -0.39 is 10.5 Å². The molecule has 30 heavy (non-hydrogen) atoms. The molecular formula is C25H21O4S+. The van der Waals surface area contributed by atoms with Gasteiger partial charge in [0.2, 0.25) is 5.43 Å². The second kappa shape index (κ2) is 7.84. The van der Waals surface area contributed by atoms with Crippen molar-refractivity contribution in [3.63, 3.8) is 0 Å². The number of hydrogen-bond donors (Lipinski definition) is 0. The fourth-order valence-corrected chi connectivity index (χ4v) is 5.66.